The van der Waals surface area contributed by atoms with Crippen molar-refractivity contribution in [3.05, 3.63) is 28.2 Å². The molecule has 0 radical (unpaired) electrons. The molecule has 25 heavy (non-hydrogen) atoms. The summed E-state index contributed by atoms with van der Waals surface area (Å²) in [5.74, 6) is 0. The number of halogens is 2. The van der Waals surface area contributed by atoms with Gasteiger partial charge in [0.2, 0.25) is 0 Å². The summed E-state index contributed by atoms with van der Waals surface area (Å²) in [5.41, 5.74) is 0.584. The first-order valence-corrected chi connectivity index (χ1v) is 9.10. The molecule has 1 fully saturated rings. The Balaban J connectivity index is 1.73. The van der Waals surface area contributed by atoms with E-state index in [1.165, 1.54) is 0 Å². The molecule has 0 aromatic heterocycles. The minimum Gasteiger partial charge on any atom is -0.310 e. The molecular weight excluding hydrogens is 363 g/mol. The van der Waals surface area contributed by atoms with Gasteiger partial charge < -0.3 is 20.9 Å². The molecule has 0 aliphatic carbocycles. The quantitative estimate of drug-likeness (QED) is 0.460. The molecule has 5 N–H and O–H groups in total. The van der Waals surface area contributed by atoms with Crippen molar-refractivity contribution in [2.75, 3.05) is 39.0 Å². The van der Waals surface area contributed by atoms with E-state index < -0.39 is 0 Å². The fourth-order valence-corrected chi connectivity index (χ4v) is 2.81. The van der Waals surface area contributed by atoms with Crippen LogP contribution in [0.5, 0.6) is 0 Å². The third kappa shape index (κ3) is 7.35. The van der Waals surface area contributed by atoms with Gasteiger partial charge in [-0.3, -0.25) is 10.6 Å². The van der Waals surface area contributed by atoms with E-state index in [1.54, 1.807) is 18.2 Å². The lowest BCUT2D eigenvalue weighted by Gasteiger charge is -2.33. The van der Waals surface area contributed by atoms with Crippen molar-refractivity contribution < 1.29 is 4.79 Å². The highest BCUT2D eigenvalue weighted by atomic mass is 35.5. The van der Waals surface area contributed by atoms with Crippen LogP contribution in [0.2, 0.25) is 10.0 Å². The van der Waals surface area contributed by atoms with E-state index >= 15 is 0 Å². The SMILES string of the molecule is CN(C)CCCNC1CCNC(NC(=O)Nc2ccc(Cl)c(Cl)c2)N1. The molecule has 0 bridgehead atoms. The van der Waals surface area contributed by atoms with E-state index in [2.05, 4.69) is 45.6 Å². The number of rotatable bonds is 7. The van der Waals surface area contributed by atoms with Crippen LogP contribution in [-0.2, 0) is 0 Å². The van der Waals surface area contributed by atoms with Gasteiger partial charge in [-0.2, -0.15) is 0 Å². The van der Waals surface area contributed by atoms with Gasteiger partial charge in [0, 0.05) is 12.2 Å². The summed E-state index contributed by atoms with van der Waals surface area (Å²) in [5, 5.41) is 16.4. The fourth-order valence-electron chi connectivity index (χ4n) is 2.51. The van der Waals surface area contributed by atoms with Crippen molar-refractivity contribution in [1.82, 2.24) is 26.2 Å². The molecule has 9 heteroatoms. The number of carbonyl (C=O) groups excluding carboxylic acids is 1. The molecule has 1 heterocycles. The topological polar surface area (TPSA) is 80.5 Å². The molecule has 1 saturated heterocycles. The Labute approximate surface area is 158 Å². The number of nitrogens with zero attached hydrogens (tertiary/aromatic N) is 1. The lowest BCUT2D eigenvalue weighted by molar-refractivity contribution is 0.216. The summed E-state index contributed by atoms with van der Waals surface area (Å²) in [4.78, 5) is 14.3. The highest BCUT2D eigenvalue weighted by Gasteiger charge is 2.21. The van der Waals surface area contributed by atoms with Crippen LogP contribution in [0, 0.1) is 0 Å². The number of urea groups is 1. The summed E-state index contributed by atoms with van der Waals surface area (Å²) >= 11 is 11.8. The number of nitrogens with one attached hydrogen (secondary N) is 5. The number of amides is 2. The molecule has 7 nitrogen and oxygen atoms in total. The van der Waals surface area contributed by atoms with Gasteiger partial charge in [-0.15, -0.1) is 0 Å². The van der Waals surface area contributed by atoms with Crippen molar-refractivity contribution in [3.8, 4) is 0 Å². The second kappa shape index (κ2) is 10.2. The van der Waals surface area contributed by atoms with Crippen molar-refractivity contribution in [1.29, 1.82) is 0 Å². The standard InChI is InChI=1S/C16H26Cl2N6O/c1-24(2)9-3-7-19-14-6-8-20-15(22-14)23-16(25)21-11-4-5-12(17)13(18)10-11/h4-5,10,14-15,19-20,22H,3,6-9H2,1-2H3,(H2,21,23,25). The second-order valence-electron chi connectivity index (χ2n) is 6.23. The minimum atomic E-state index is -0.323. The maximum absolute atomic E-state index is 12.1. The number of benzene rings is 1. The average molecular weight is 389 g/mol. The molecule has 1 aromatic rings. The zero-order chi connectivity index (χ0) is 18.2. The Morgan fingerprint density at radius 2 is 2.12 bits per heavy atom. The first-order valence-electron chi connectivity index (χ1n) is 8.34. The third-order valence-corrected chi connectivity index (χ3v) is 4.51. The van der Waals surface area contributed by atoms with Crippen molar-refractivity contribution in [2.24, 2.45) is 0 Å². The lowest BCUT2D eigenvalue weighted by atomic mass is 10.2. The van der Waals surface area contributed by atoms with E-state index in [4.69, 9.17) is 23.2 Å². The molecule has 1 aromatic carbocycles. The van der Waals surface area contributed by atoms with E-state index in [9.17, 15) is 4.79 Å². The van der Waals surface area contributed by atoms with E-state index in [1.807, 2.05) is 0 Å². The summed E-state index contributed by atoms with van der Waals surface area (Å²) in [6, 6.07) is 4.63. The Bertz CT molecular complexity index is 572. The Morgan fingerprint density at radius 1 is 1.32 bits per heavy atom. The van der Waals surface area contributed by atoms with Crippen LogP contribution in [0.25, 0.3) is 0 Å². The van der Waals surface area contributed by atoms with E-state index in [0.29, 0.717) is 15.7 Å². The lowest BCUT2D eigenvalue weighted by Crippen LogP contribution is -2.65. The van der Waals surface area contributed by atoms with Crippen LogP contribution in [0.4, 0.5) is 10.5 Å². The highest BCUT2D eigenvalue weighted by Crippen LogP contribution is 2.24. The maximum atomic E-state index is 12.1. The highest BCUT2D eigenvalue weighted by molar-refractivity contribution is 6.42. The summed E-state index contributed by atoms with van der Waals surface area (Å²) in [6.45, 7) is 2.79. The van der Waals surface area contributed by atoms with Gasteiger partial charge >= 0.3 is 6.03 Å². The molecule has 2 amide bonds. The molecule has 0 saturated carbocycles. The van der Waals surface area contributed by atoms with Gasteiger partial charge in [0.1, 0.15) is 6.29 Å². The van der Waals surface area contributed by atoms with Crippen LogP contribution in [0.15, 0.2) is 18.2 Å². The van der Waals surface area contributed by atoms with Crippen molar-refractivity contribution >= 4 is 34.9 Å². The van der Waals surface area contributed by atoms with Crippen molar-refractivity contribution in [2.45, 2.75) is 25.3 Å². The molecule has 2 unspecified atom stereocenters. The fraction of sp³-hybridized carbons (Fsp3) is 0.562. The van der Waals surface area contributed by atoms with Crippen LogP contribution >= 0.6 is 23.2 Å². The molecule has 2 rings (SSSR count). The van der Waals surface area contributed by atoms with Gasteiger partial charge in [0.25, 0.3) is 0 Å². The largest absolute Gasteiger partial charge is 0.321 e. The zero-order valence-electron chi connectivity index (χ0n) is 14.5. The molecule has 140 valence electrons. The predicted molar refractivity (Wildman–Crippen MR) is 103 cm³/mol. The number of anilines is 1. The first-order chi connectivity index (χ1) is 11.9. The Morgan fingerprint density at radius 3 is 2.84 bits per heavy atom. The summed E-state index contributed by atoms with van der Waals surface area (Å²) < 4.78 is 0. The van der Waals surface area contributed by atoms with Gasteiger partial charge in [0.15, 0.2) is 0 Å². The van der Waals surface area contributed by atoms with E-state index in [0.717, 1.165) is 32.5 Å². The van der Waals surface area contributed by atoms with E-state index in [-0.39, 0.29) is 18.5 Å². The minimum absolute atomic E-state index is 0.165. The number of carbonyl (C=O) groups is 1. The van der Waals surface area contributed by atoms with Gasteiger partial charge in [-0.1, -0.05) is 23.2 Å². The zero-order valence-corrected chi connectivity index (χ0v) is 16.0. The van der Waals surface area contributed by atoms with Crippen LogP contribution in [0.1, 0.15) is 12.8 Å². The van der Waals surface area contributed by atoms with Crippen LogP contribution in [0.3, 0.4) is 0 Å². The number of hydrogen-bond acceptors (Lipinski definition) is 5. The van der Waals surface area contributed by atoms with Gasteiger partial charge in [0.05, 0.1) is 16.2 Å². The summed E-state index contributed by atoms with van der Waals surface area (Å²) in [6.07, 6.45) is 1.89. The molecule has 1 aliphatic heterocycles. The normalized spacial score (nSPS) is 20.5. The molecule has 0 spiro atoms. The van der Waals surface area contributed by atoms with Gasteiger partial charge in [-0.25, -0.2) is 4.79 Å². The van der Waals surface area contributed by atoms with Crippen LogP contribution in [-0.4, -0.2) is 57.1 Å². The first kappa shape index (κ1) is 20.2. The average Bonchev–Trinajstić information content (AvgIpc) is 2.55. The van der Waals surface area contributed by atoms with Crippen molar-refractivity contribution in [3.63, 3.8) is 0 Å². The Hall–Kier alpha value is -1.09. The smallest absolute Gasteiger partial charge is 0.310 e. The molecule has 1 aliphatic rings. The maximum Gasteiger partial charge on any atom is 0.321 e. The predicted octanol–water partition coefficient (Wildman–Crippen LogP) is 1.85. The van der Waals surface area contributed by atoms with Gasteiger partial charge in [-0.05, 0) is 58.2 Å². The van der Waals surface area contributed by atoms with Crippen LogP contribution < -0.4 is 26.6 Å². The summed E-state index contributed by atoms with van der Waals surface area (Å²) in [7, 11) is 4.13. The molecular formula is C16H26Cl2N6O. The third-order valence-electron chi connectivity index (χ3n) is 3.78. The Kier molecular flexibility index (Phi) is 8.21. The number of hydrogen-bond donors (Lipinski definition) is 5. The molecule has 2 atom stereocenters. The monoisotopic (exact) mass is 388 g/mol. The second-order valence-corrected chi connectivity index (χ2v) is 7.05.